The van der Waals surface area contributed by atoms with E-state index in [1.54, 1.807) is 56.5 Å². The minimum absolute atomic E-state index is 0.0866. The molecule has 0 saturated carbocycles. The average molecular weight is 428 g/mol. The highest BCUT2D eigenvalue weighted by molar-refractivity contribution is 6.30. The van der Waals surface area contributed by atoms with Crippen LogP contribution >= 0.6 is 11.6 Å². The number of esters is 1. The number of carbonyl (C=O) groups is 1. The smallest absolute Gasteiger partial charge is 0.311 e. The van der Waals surface area contributed by atoms with Gasteiger partial charge in [-0.15, -0.1) is 0 Å². The van der Waals surface area contributed by atoms with E-state index < -0.39 is 5.97 Å². The number of rotatable bonds is 6. The number of hydrogen-bond donors (Lipinski definition) is 1. The largest absolute Gasteiger partial charge is 0.497 e. The van der Waals surface area contributed by atoms with Crippen molar-refractivity contribution in [3.8, 4) is 11.4 Å². The van der Waals surface area contributed by atoms with E-state index in [4.69, 9.17) is 21.1 Å². The lowest BCUT2D eigenvalue weighted by atomic mass is 10.1. The van der Waals surface area contributed by atoms with Gasteiger partial charge in [0, 0.05) is 5.02 Å². The van der Waals surface area contributed by atoms with Crippen molar-refractivity contribution in [2.75, 3.05) is 14.2 Å². The zero-order valence-corrected chi connectivity index (χ0v) is 17.9. The van der Waals surface area contributed by atoms with E-state index in [9.17, 15) is 9.59 Å². The lowest BCUT2D eigenvalue weighted by Gasteiger charge is -2.04. The number of nitrogens with one attached hydrogen (secondary N) is 1. The Morgan fingerprint density at radius 2 is 1.87 bits per heavy atom. The molecule has 2 aromatic carbocycles. The summed E-state index contributed by atoms with van der Waals surface area (Å²) in [5, 5.41) is 3.63. The Bertz CT molecular complexity index is 1160. The van der Waals surface area contributed by atoms with E-state index in [0.29, 0.717) is 39.1 Å². The van der Waals surface area contributed by atoms with E-state index in [0.717, 1.165) is 5.56 Å². The molecule has 7 nitrogen and oxygen atoms in total. The monoisotopic (exact) mass is 427 g/mol. The van der Waals surface area contributed by atoms with Crippen molar-refractivity contribution in [3.63, 3.8) is 0 Å². The standard InChI is InChI=1S/C22H22ClN3O4/c1-13-11-15(23)5-10-18(13)24-14(2)21-19(12-20(27)30-4)25-26(22(21)28)16-6-8-17(29-3)9-7-16/h5-11,25H,12H2,1-4H3. The van der Waals surface area contributed by atoms with Gasteiger partial charge in [-0.25, -0.2) is 4.68 Å². The van der Waals surface area contributed by atoms with Crippen LogP contribution in [0.5, 0.6) is 5.75 Å². The predicted octanol–water partition coefficient (Wildman–Crippen LogP) is 3.99. The normalized spacial score (nSPS) is 11.4. The maximum atomic E-state index is 13.2. The third kappa shape index (κ3) is 4.46. The number of benzene rings is 2. The number of aromatic amines is 1. The van der Waals surface area contributed by atoms with Gasteiger partial charge in [0.1, 0.15) is 5.75 Å². The molecule has 0 amide bonds. The van der Waals surface area contributed by atoms with Crippen molar-refractivity contribution in [2.24, 2.45) is 4.99 Å². The van der Waals surface area contributed by atoms with E-state index in [1.165, 1.54) is 11.8 Å². The number of carbonyl (C=O) groups excluding carboxylic acids is 1. The molecule has 30 heavy (non-hydrogen) atoms. The highest BCUT2D eigenvalue weighted by Gasteiger charge is 2.20. The third-order valence-electron chi connectivity index (χ3n) is 4.65. The fourth-order valence-electron chi connectivity index (χ4n) is 3.09. The molecule has 156 valence electrons. The summed E-state index contributed by atoms with van der Waals surface area (Å²) in [5.74, 6) is 0.208. The Morgan fingerprint density at radius 3 is 2.47 bits per heavy atom. The molecule has 0 aliphatic heterocycles. The summed E-state index contributed by atoms with van der Waals surface area (Å²) >= 11 is 6.02. The highest BCUT2D eigenvalue weighted by atomic mass is 35.5. The number of nitrogens with zero attached hydrogens (tertiary/aromatic N) is 2. The fourth-order valence-corrected chi connectivity index (χ4v) is 3.32. The number of aryl methyl sites for hydroxylation is 1. The average Bonchev–Trinajstić information content (AvgIpc) is 3.05. The van der Waals surface area contributed by atoms with Crippen LogP contribution in [0.3, 0.4) is 0 Å². The molecule has 0 saturated heterocycles. The second-order valence-corrected chi connectivity index (χ2v) is 7.12. The molecule has 1 heterocycles. The molecule has 8 heteroatoms. The van der Waals surface area contributed by atoms with Gasteiger partial charge in [-0.2, -0.15) is 0 Å². The van der Waals surface area contributed by atoms with Gasteiger partial charge in [0.15, 0.2) is 0 Å². The molecule has 0 aliphatic rings. The molecule has 3 aromatic rings. The van der Waals surface area contributed by atoms with Gasteiger partial charge in [-0.1, -0.05) is 11.6 Å². The zero-order chi connectivity index (χ0) is 21.8. The second-order valence-electron chi connectivity index (χ2n) is 6.68. The van der Waals surface area contributed by atoms with Gasteiger partial charge in [0.05, 0.1) is 49.0 Å². The Hall–Kier alpha value is -3.32. The molecule has 0 atom stereocenters. The van der Waals surface area contributed by atoms with Gasteiger partial charge in [-0.3, -0.25) is 19.7 Å². The predicted molar refractivity (Wildman–Crippen MR) is 117 cm³/mol. The number of aromatic nitrogens is 2. The summed E-state index contributed by atoms with van der Waals surface area (Å²) in [4.78, 5) is 29.8. The van der Waals surface area contributed by atoms with Gasteiger partial charge in [0.2, 0.25) is 0 Å². The maximum absolute atomic E-state index is 13.2. The molecular formula is C22H22ClN3O4. The van der Waals surface area contributed by atoms with E-state index >= 15 is 0 Å². The minimum Gasteiger partial charge on any atom is -0.497 e. The summed E-state index contributed by atoms with van der Waals surface area (Å²) in [6.45, 7) is 3.62. The van der Waals surface area contributed by atoms with E-state index in [1.807, 2.05) is 6.92 Å². The molecule has 3 rings (SSSR count). The first kappa shape index (κ1) is 21.4. The van der Waals surface area contributed by atoms with Crippen LogP contribution in [0.4, 0.5) is 5.69 Å². The van der Waals surface area contributed by atoms with Crippen molar-refractivity contribution >= 4 is 29.0 Å². The Labute approximate surface area is 178 Å². The third-order valence-corrected chi connectivity index (χ3v) is 4.89. The summed E-state index contributed by atoms with van der Waals surface area (Å²) in [5.41, 5.74) is 3.09. The van der Waals surface area contributed by atoms with Gasteiger partial charge in [-0.05, 0) is 61.9 Å². The Kier molecular flexibility index (Phi) is 6.42. The molecule has 0 aliphatic carbocycles. The number of methoxy groups -OCH3 is 2. The molecule has 0 unspecified atom stereocenters. The fraction of sp³-hybridized carbons (Fsp3) is 0.227. The Morgan fingerprint density at radius 1 is 1.17 bits per heavy atom. The first-order valence-corrected chi connectivity index (χ1v) is 9.58. The number of halogens is 1. The number of aliphatic imine (C=N–C) groups is 1. The van der Waals surface area contributed by atoms with Crippen molar-refractivity contribution in [1.29, 1.82) is 0 Å². The molecular weight excluding hydrogens is 406 g/mol. The van der Waals surface area contributed by atoms with Gasteiger partial charge < -0.3 is 9.47 Å². The summed E-state index contributed by atoms with van der Waals surface area (Å²) in [6, 6.07) is 12.3. The molecule has 0 fully saturated rings. The zero-order valence-electron chi connectivity index (χ0n) is 17.2. The van der Waals surface area contributed by atoms with Crippen LogP contribution in [-0.2, 0) is 16.0 Å². The van der Waals surface area contributed by atoms with Gasteiger partial charge >= 0.3 is 5.97 Å². The summed E-state index contributed by atoms with van der Waals surface area (Å²) < 4.78 is 11.3. The Balaban J connectivity index is 2.13. The summed E-state index contributed by atoms with van der Waals surface area (Å²) in [7, 11) is 2.87. The van der Waals surface area contributed by atoms with Crippen LogP contribution in [-0.4, -0.2) is 35.7 Å². The number of H-pyrrole nitrogens is 1. The quantitative estimate of drug-likeness (QED) is 0.476. The van der Waals surface area contributed by atoms with Crippen LogP contribution in [0.15, 0.2) is 52.3 Å². The van der Waals surface area contributed by atoms with Gasteiger partial charge in [0.25, 0.3) is 5.56 Å². The second kappa shape index (κ2) is 9.00. The number of ether oxygens (including phenoxy) is 2. The van der Waals surface area contributed by atoms with Crippen LogP contribution in [0.25, 0.3) is 5.69 Å². The van der Waals surface area contributed by atoms with E-state index in [2.05, 4.69) is 10.1 Å². The minimum atomic E-state index is -0.463. The molecule has 1 aromatic heterocycles. The van der Waals surface area contributed by atoms with Crippen LogP contribution < -0.4 is 10.3 Å². The summed E-state index contributed by atoms with van der Waals surface area (Å²) in [6.07, 6.45) is -0.0866. The molecule has 1 N–H and O–H groups in total. The molecule has 0 spiro atoms. The molecule has 0 radical (unpaired) electrons. The van der Waals surface area contributed by atoms with Crippen molar-refractivity contribution in [2.45, 2.75) is 20.3 Å². The topological polar surface area (TPSA) is 85.7 Å². The van der Waals surface area contributed by atoms with Crippen LogP contribution in [0.1, 0.15) is 23.7 Å². The van der Waals surface area contributed by atoms with Crippen LogP contribution in [0.2, 0.25) is 5.02 Å². The van der Waals surface area contributed by atoms with Crippen molar-refractivity contribution < 1.29 is 14.3 Å². The highest BCUT2D eigenvalue weighted by Crippen LogP contribution is 2.24. The van der Waals surface area contributed by atoms with E-state index in [-0.39, 0.29) is 12.0 Å². The first-order chi connectivity index (χ1) is 14.3. The van der Waals surface area contributed by atoms with Crippen molar-refractivity contribution in [3.05, 3.63) is 74.7 Å². The lowest BCUT2D eigenvalue weighted by molar-refractivity contribution is -0.139. The lowest BCUT2D eigenvalue weighted by Crippen LogP contribution is -2.20. The first-order valence-electron chi connectivity index (χ1n) is 9.21. The molecule has 0 bridgehead atoms. The maximum Gasteiger partial charge on any atom is 0.311 e. The number of hydrogen-bond acceptors (Lipinski definition) is 5. The van der Waals surface area contributed by atoms with Crippen molar-refractivity contribution in [1.82, 2.24) is 9.78 Å². The van der Waals surface area contributed by atoms with Crippen LogP contribution in [0, 0.1) is 6.92 Å². The SMILES string of the molecule is COC(=O)Cc1[nH]n(-c2ccc(OC)cc2)c(=O)c1C(C)=Nc1ccc(Cl)cc1C.